The maximum Gasteiger partial charge on any atom is 0.119 e. The van der Waals surface area contributed by atoms with Gasteiger partial charge in [0.2, 0.25) is 0 Å². The fourth-order valence-corrected chi connectivity index (χ4v) is 1.83. The summed E-state index contributed by atoms with van der Waals surface area (Å²) in [6.07, 6.45) is 1.02. The Bertz CT molecular complexity index is 320. The van der Waals surface area contributed by atoms with Gasteiger partial charge in [-0.2, -0.15) is 0 Å². The SMILES string of the molecule is COc1ccc([C@H](N)CC(C)C)c(C)c1. The molecular formula is C13H21NO. The Morgan fingerprint density at radius 1 is 1.33 bits per heavy atom. The maximum atomic E-state index is 6.15. The molecule has 1 atom stereocenters. The van der Waals surface area contributed by atoms with Crippen LogP contribution in [0.2, 0.25) is 0 Å². The van der Waals surface area contributed by atoms with Crippen LogP contribution in [-0.4, -0.2) is 7.11 Å². The second-order valence-electron chi connectivity index (χ2n) is 4.46. The summed E-state index contributed by atoms with van der Waals surface area (Å²) >= 11 is 0. The first-order chi connectivity index (χ1) is 7.04. The Balaban J connectivity index is 2.85. The number of benzene rings is 1. The van der Waals surface area contributed by atoms with Crippen LogP contribution in [0.25, 0.3) is 0 Å². The molecule has 84 valence electrons. The van der Waals surface area contributed by atoms with Crippen LogP contribution < -0.4 is 10.5 Å². The highest BCUT2D eigenvalue weighted by Gasteiger charge is 2.11. The molecule has 0 heterocycles. The Morgan fingerprint density at radius 2 is 2.00 bits per heavy atom. The Kier molecular flexibility index (Phi) is 4.15. The minimum Gasteiger partial charge on any atom is -0.497 e. The summed E-state index contributed by atoms with van der Waals surface area (Å²) in [4.78, 5) is 0. The minimum absolute atomic E-state index is 0.135. The number of methoxy groups -OCH3 is 1. The summed E-state index contributed by atoms with van der Waals surface area (Å²) in [7, 11) is 1.68. The van der Waals surface area contributed by atoms with E-state index in [1.807, 2.05) is 12.1 Å². The van der Waals surface area contributed by atoms with Gasteiger partial charge in [-0.05, 0) is 42.5 Å². The first kappa shape index (κ1) is 12.1. The number of nitrogens with two attached hydrogens (primary N) is 1. The van der Waals surface area contributed by atoms with Gasteiger partial charge in [0.25, 0.3) is 0 Å². The highest BCUT2D eigenvalue weighted by atomic mass is 16.5. The van der Waals surface area contributed by atoms with Crippen molar-refractivity contribution in [1.29, 1.82) is 0 Å². The van der Waals surface area contributed by atoms with Crippen molar-refractivity contribution in [1.82, 2.24) is 0 Å². The smallest absolute Gasteiger partial charge is 0.119 e. The quantitative estimate of drug-likeness (QED) is 0.823. The van der Waals surface area contributed by atoms with Gasteiger partial charge in [-0.25, -0.2) is 0 Å². The second kappa shape index (κ2) is 5.17. The zero-order chi connectivity index (χ0) is 11.4. The third kappa shape index (κ3) is 3.24. The normalized spacial score (nSPS) is 12.9. The molecule has 2 nitrogen and oxygen atoms in total. The van der Waals surface area contributed by atoms with Crippen molar-refractivity contribution in [2.24, 2.45) is 11.7 Å². The van der Waals surface area contributed by atoms with Crippen molar-refractivity contribution in [2.45, 2.75) is 33.2 Å². The van der Waals surface area contributed by atoms with Crippen molar-refractivity contribution in [3.8, 4) is 5.75 Å². The topological polar surface area (TPSA) is 35.2 Å². The molecule has 1 aromatic carbocycles. The van der Waals surface area contributed by atoms with E-state index in [4.69, 9.17) is 10.5 Å². The van der Waals surface area contributed by atoms with Crippen molar-refractivity contribution in [2.75, 3.05) is 7.11 Å². The van der Waals surface area contributed by atoms with Crippen LogP contribution >= 0.6 is 0 Å². The van der Waals surface area contributed by atoms with E-state index in [0.717, 1.165) is 12.2 Å². The summed E-state index contributed by atoms with van der Waals surface area (Å²) in [5.74, 6) is 1.52. The predicted octanol–water partition coefficient (Wildman–Crippen LogP) is 3.05. The molecule has 0 saturated carbocycles. The van der Waals surface area contributed by atoms with E-state index < -0.39 is 0 Å². The summed E-state index contributed by atoms with van der Waals surface area (Å²) in [5, 5.41) is 0. The highest BCUT2D eigenvalue weighted by molar-refractivity contribution is 5.36. The van der Waals surface area contributed by atoms with Gasteiger partial charge < -0.3 is 10.5 Å². The number of aryl methyl sites for hydroxylation is 1. The monoisotopic (exact) mass is 207 g/mol. The van der Waals surface area contributed by atoms with E-state index in [1.54, 1.807) is 7.11 Å². The highest BCUT2D eigenvalue weighted by Crippen LogP contribution is 2.25. The van der Waals surface area contributed by atoms with E-state index in [-0.39, 0.29) is 6.04 Å². The molecule has 0 radical (unpaired) electrons. The fraction of sp³-hybridized carbons (Fsp3) is 0.538. The third-order valence-corrected chi connectivity index (χ3v) is 2.60. The number of hydrogen-bond acceptors (Lipinski definition) is 2. The van der Waals surface area contributed by atoms with Gasteiger partial charge in [0, 0.05) is 6.04 Å². The number of hydrogen-bond donors (Lipinski definition) is 1. The zero-order valence-corrected chi connectivity index (χ0v) is 10.1. The van der Waals surface area contributed by atoms with Crippen LogP contribution in [0.1, 0.15) is 37.4 Å². The molecule has 0 amide bonds. The Morgan fingerprint density at radius 3 is 2.47 bits per heavy atom. The van der Waals surface area contributed by atoms with Crippen LogP contribution in [0.5, 0.6) is 5.75 Å². The second-order valence-corrected chi connectivity index (χ2v) is 4.46. The maximum absolute atomic E-state index is 6.15. The van der Waals surface area contributed by atoms with Crippen LogP contribution in [-0.2, 0) is 0 Å². The number of ether oxygens (including phenoxy) is 1. The lowest BCUT2D eigenvalue weighted by Gasteiger charge is -2.17. The molecule has 0 aliphatic heterocycles. The third-order valence-electron chi connectivity index (χ3n) is 2.60. The molecule has 1 rings (SSSR count). The predicted molar refractivity (Wildman–Crippen MR) is 64.1 cm³/mol. The first-order valence-electron chi connectivity index (χ1n) is 5.44. The standard InChI is InChI=1S/C13H21NO/c1-9(2)7-13(14)12-6-5-11(15-4)8-10(12)3/h5-6,8-9,13H,7,14H2,1-4H3/t13-/m1/s1. The lowest BCUT2D eigenvalue weighted by molar-refractivity contribution is 0.414. The van der Waals surface area contributed by atoms with Crippen LogP contribution in [0.4, 0.5) is 0 Å². The van der Waals surface area contributed by atoms with Crippen molar-refractivity contribution in [3.63, 3.8) is 0 Å². The van der Waals surface area contributed by atoms with Crippen molar-refractivity contribution >= 4 is 0 Å². The molecular weight excluding hydrogens is 186 g/mol. The van der Waals surface area contributed by atoms with Gasteiger partial charge in [-0.1, -0.05) is 19.9 Å². The Labute approximate surface area is 92.4 Å². The Hall–Kier alpha value is -1.02. The van der Waals surface area contributed by atoms with Crippen LogP contribution in [0.15, 0.2) is 18.2 Å². The van der Waals surface area contributed by atoms with Crippen LogP contribution in [0, 0.1) is 12.8 Å². The van der Waals surface area contributed by atoms with Gasteiger partial charge in [0.05, 0.1) is 7.11 Å². The molecule has 0 bridgehead atoms. The zero-order valence-electron chi connectivity index (χ0n) is 10.1. The molecule has 2 heteroatoms. The van der Waals surface area contributed by atoms with E-state index in [9.17, 15) is 0 Å². The van der Waals surface area contributed by atoms with Gasteiger partial charge in [-0.15, -0.1) is 0 Å². The molecule has 2 N–H and O–H groups in total. The van der Waals surface area contributed by atoms with Gasteiger partial charge in [-0.3, -0.25) is 0 Å². The summed E-state index contributed by atoms with van der Waals surface area (Å²) in [5.41, 5.74) is 8.58. The van der Waals surface area contributed by atoms with Gasteiger partial charge in [0.1, 0.15) is 5.75 Å². The molecule has 0 spiro atoms. The molecule has 0 fully saturated rings. The number of rotatable bonds is 4. The van der Waals surface area contributed by atoms with Gasteiger partial charge >= 0.3 is 0 Å². The lowest BCUT2D eigenvalue weighted by Crippen LogP contribution is -2.14. The van der Waals surface area contributed by atoms with Gasteiger partial charge in [0.15, 0.2) is 0 Å². The molecule has 0 saturated heterocycles. The summed E-state index contributed by atoms with van der Waals surface area (Å²) < 4.78 is 5.17. The summed E-state index contributed by atoms with van der Waals surface area (Å²) in [6.45, 7) is 6.47. The molecule has 15 heavy (non-hydrogen) atoms. The molecule has 0 aliphatic carbocycles. The average molecular weight is 207 g/mol. The van der Waals surface area contributed by atoms with Crippen molar-refractivity contribution in [3.05, 3.63) is 29.3 Å². The van der Waals surface area contributed by atoms with Crippen molar-refractivity contribution < 1.29 is 4.74 Å². The van der Waals surface area contributed by atoms with E-state index in [2.05, 4.69) is 26.8 Å². The fourth-order valence-electron chi connectivity index (χ4n) is 1.83. The van der Waals surface area contributed by atoms with E-state index in [1.165, 1.54) is 11.1 Å². The first-order valence-corrected chi connectivity index (χ1v) is 5.44. The molecule has 0 aromatic heterocycles. The minimum atomic E-state index is 0.135. The van der Waals surface area contributed by atoms with Crippen LogP contribution in [0.3, 0.4) is 0 Å². The van der Waals surface area contributed by atoms with E-state index in [0.29, 0.717) is 5.92 Å². The molecule has 0 aliphatic rings. The molecule has 0 unspecified atom stereocenters. The van der Waals surface area contributed by atoms with E-state index >= 15 is 0 Å². The lowest BCUT2D eigenvalue weighted by atomic mass is 9.94. The largest absolute Gasteiger partial charge is 0.497 e. The summed E-state index contributed by atoms with van der Waals surface area (Å²) in [6, 6.07) is 6.22. The molecule has 1 aromatic rings. The average Bonchev–Trinajstić information content (AvgIpc) is 2.16.